The number of hydrogen-bond acceptors (Lipinski definition) is 5. The molecule has 2 rings (SSSR count). The third kappa shape index (κ3) is 2.43. The first-order valence-corrected chi connectivity index (χ1v) is 5.34. The van der Waals surface area contributed by atoms with E-state index in [4.69, 9.17) is 20.5 Å². The lowest BCUT2D eigenvalue weighted by molar-refractivity contribution is 0.416. The molecule has 0 aliphatic heterocycles. The molecule has 5 nitrogen and oxygen atoms in total. The monoisotopic (exact) mass is 241 g/mol. The van der Waals surface area contributed by atoms with E-state index in [0.717, 1.165) is 0 Å². The van der Waals surface area contributed by atoms with Crippen LogP contribution < -0.4 is 5.32 Å². The van der Waals surface area contributed by atoms with Gasteiger partial charge in [-0.25, -0.2) is 0 Å². The summed E-state index contributed by atoms with van der Waals surface area (Å²) in [5.74, 6) is 0.972. The maximum Gasteiger partial charge on any atom is 0.262 e. The molecule has 16 heavy (non-hydrogen) atoms. The van der Waals surface area contributed by atoms with E-state index in [1.165, 1.54) is 6.26 Å². The van der Waals surface area contributed by atoms with Gasteiger partial charge in [-0.2, -0.15) is 4.98 Å². The van der Waals surface area contributed by atoms with Gasteiger partial charge in [0.2, 0.25) is 5.22 Å². The highest BCUT2D eigenvalue weighted by atomic mass is 35.5. The second-order valence-electron chi connectivity index (χ2n) is 3.66. The summed E-state index contributed by atoms with van der Waals surface area (Å²) in [6.45, 7) is 4.67. The Morgan fingerprint density at radius 3 is 2.94 bits per heavy atom. The third-order valence-electron chi connectivity index (χ3n) is 1.98. The normalized spacial score (nSPS) is 11.2. The van der Waals surface area contributed by atoms with Gasteiger partial charge in [0.15, 0.2) is 5.82 Å². The summed E-state index contributed by atoms with van der Waals surface area (Å²) >= 11 is 5.80. The number of nitrogens with one attached hydrogen (secondary N) is 1. The number of aromatic nitrogens is 2. The number of rotatable bonds is 4. The maximum atomic E-state index is 5.80. The molecular weight excluding hydrogens is 230 g/mol. The van der Waals surface area contributed by atoms with Gasteiger partial charge in [0.1, 0.15) is 0 Å². The Hall–Kier alpha value is -1.33. The average Bonchev–Trinajstić information content (AvgIpc) is 2.83. The summed E-state index contributed by atoms with van der Waals surface area (Å²) in [5, 5.41) is 7.29. The molecule has 0 saturated heterocycles. The lowest BCUT2D eigenvalue weighted by Crippen LogP contribution is -2.22. The van der Waals surface area contributed by atoms with Crippen LogP contribution >= 0.6 is 11.6 Å². The smallest absolute Gasteiger partial charge is 0.262 e. The topological polar surface area (TPSA) is 64.1 Å². The molecule has 0 amide bonds. The van der Waals surface area contributed by atoms with Crippen molar-refractivity contribution in [1.82, 2.24) is 15.5 Å². The molecule has 1 N–H and O–H groups in total. The first-order valence-electron chi connectivity index (χ1n) is 4.96. The number of nitrogens with zero attached hydrogens (tertiary/aromatic N) is 2. The van der Waals surface area contributed by atoms with Crippen LogP contribution in [0.4, 0.5) is 0 Å². The van der Waals surface area contributed by atoms with Crippen LogP contribution in [0.1, 0.15) is 19.7 Å². The maximum absolute atomic E-state index is 5.80. The van der Waals surface area contributed by atoms with Crippen LogP contribution in [0.2, 0.25) is 5.22 Å². The zero-order valence-corrected chi connectivity index (χ0v) is 9.78. The van der Waals surface area contributed by atoms with Crippen molar-refractivity contribution in [2.75, 3.05) is 0 Å². The van der Waals surface area contributed by atoms with Gasteiger partial charge in [0.25, 0.3) is 5.89 Å². The molecule has 0 unspecified atom stereocenters. The molecule has 2 heterocycles. The van der Waals surface area contributed by atoms with E-state index in [-0.39, 0.29) is 5.22 Å². The van der Waals surface area contributed by atoms with Crippen molar-refractivity contribution in [1.29, 1.82) is 0 Å². The second-order valence-corrected chi connectivity index (χ2v) is 4.00. The average molecular weight is 242 g/mol. The van der Waals surface area contributed by atoms with Crippen molar-refractivity contribution in [3.8, 4) is 11.5 Å². The Morgan fingerprint density at radius 2 is 2.31 bits per heavy atom. The number of hydrogen-bond donors (Lipinski definition) is 1. The Kier molecular flexibility index (Phi) is 3.26. The van der Waals surface area contributed by atoms with Crippen LogP contribution in [0, 0.1) is 0 Å². The van der Waals surface area contributed by atoms with Crippen molar-refractivity contribution in [2.45, 2.75) is 26.4 Å². The van der Waals surface area contributed by atoms with Crippen molar-refractivity contribution >= 4 is 11.6 Å². The highest BCUT2D eigenvalue weighted by Crippen LogP contribution is 2.27. The summed E-state index contributed by atoms with van der Waals surface area (Å²) < 4.78 is 10.0. The van der Waals surface area contributed by atoms with Crippen molar-refractivity contribution in [2.24, 2.45) is 0 Å². The van der Waals surface area contributed by atoms with Gasteiger partial charge in [0.05, 0.1) is 18.4 Å². The van der Waals surface area contributed by atoms with Gasteiger partial charge in [-0.15, -0.1) is 0 Å². The summed E-state index contributed by atoms with van der Waals surface area (Å²) in [6, 6.07) is 2.06. The van der Waals surface area contributed by atoms with Crippen molar-refractivity contribution in [3.63, 3.8) is 0 Å². The molecule has 0 aliphatic rings. The molecular formula is C10H12ClN3O2. The molecule has 6 heteroatoms. The molecule has 0 fully saturated rings. The van der Waals surface area contributed by atoms with E-state index in [2.05, 4.69) is 15.5 Å². The fraction of sp³-hybridized carbons (Fsp3) is 0.400. The highest BCUT2D eigenvalue weighted by molar-refractivity contribution is 6.31. The molecule has 2 aromatic heterocycles. The predicted octanol–water partition coefficient (Wildman–Crippen LogP) is 2.48. The first-order chi connectivity index (χ1) is 7.66. The van der Waals surface area contributed by atoms with Gasteiger partial charge in [-0.3, -0.25) is 0 Å². The van der Waals surface area contributed by atoms with Gasteiger partial charge >= 0.3 is 0 Å². The minimum atomic E-state index is 0.256. The SMILES string of the molecule is CC(C)NCc1noc(-c2ccoc2Cl)n1. The third-order valence-corrected chi connectivity index (χ3v) is 2.28. The lowest BCUT2D eigenvalue weighted by Gasteiger charge is -2.02. The molecule has 0 bridgehead atoms. The lowest BCUT2D eigenvalue weighted by atomic mass is 10.3. The molecule has 0 radical (unpaired) electrons. The van der Waals surface area contributed by atoms with E-state index in [1.807, 2.05) is 13.8 Å². The van der Waals surface area contributed by atoms with Crippen LogP contribution in [0.25, 0.3) is 11.5 Å². The number of furan rings is 1. The molecule has 0 atom stereocenters. The van der Waals surface area contributed by atoms with Crippen LogP contribution in [0.15, 0.2) is 21.3 Å². The van der Waals surface area contributed by atoms with Crippen molar-refractivity contribution < 1.29 is 8.94 Å². The Balaban J connectivity index is 2.11. The summed E-state index contributed by atoms with van der Waals surface area (Å²) in [6.07, 6.45) is 1.48. The molecule has 2 aromatic rings. The first kappa shape index (κ1) is 11.2. The second kappa shape index (κ2) is 4.67. The zero-order chi connectivity index (χ0) is 11.5. The van der Waals surface area contributed by atoms with Crippen LogP contribution in [0.5, 0.6) is 0 Å². The van der Waals surface area contributed by atoms with E-state index in [0.29, 0.717) is 29.9 Å². The van der Waals surface area contributed by atoms with E-state index in [1.54, 1.807) is 6.07 Å². The van der Waals surface area contributed by atoms with Crippen LogP contribution in [-0.4, -0.2) is 16.2 Å². The molecule has 0 spiro atoms. The van der Waals surface area contributed by atoms with Crippen molar-refractivity contribution in [3.05, 3.63) is 23.4 Å². The van der Waals surface area contributed by atoms with E-state index < -0.39 is 0 Å². The summed E-state index contributed by atoms with van der Waals surface area (Å²) in [5.41, 5.74) is 0.616. The van der Waals surface area contributed by atoms with E-state index >= 15 is 0 Å². The summed E-state index contributed by atoms with van der Waals surface area (Å²) in [7, 11) is 0. The van der Waals surface area contributed by atoms with Gasteiger partial charge < -0.3 is 14.3 Å². The quantitative estimate of drug-likeness (QED) is 0.891. The fourth-order valence-corrected chi connectivity index (χ4v) is 1.37. The van der Waals surface area contributed by atoms with Crippen LogP contribution in [0.3, 0.4) is 0 Å². The standard InChI is InChI=1S/C10H12ClN3O2/c1-6(2)12-5-8-13-10(16-14-8)7-3-4-15-9(7)11/h3-4,6,12H,5H2,1-2H3. The summed E-state index contributed by atoms with van der Waals surface area (Å²) in [4.78, 5) is 4.20. The predicted molar refractivity (Wildman–Crippen MR) is 59.0 cm³/mol. The minimum absolute atomic E-state index is 0.256. The van der Waals surface area contributed by atoms with E-state index in [9.17, 15) is 0 Å². The van der Waals surface area contributed by atoms with Gasteiger partial charge in [-0.05, 0) is 17.7 Å². The molecule has 86 valence electrons. The molecule has 0 aromatic carbocycles. The Bertz CT molecular complexity index is 464. The highest BCUT2D eigenvalue weighted by Gasteiger charge is 2.14. The number of halogens is 1. The van der Waals surface area contributed by atoms with Crippen LogP contribution in [-0.2, 0) is 6.54 Å². The van der Waals surface area contributed by atoms with Gasteiger partial charge in [-0.1, -0.05) is 19.0 Å². The Labute approximate surface area is 97.8 Å². The fourth-order valence-electron chi connectivity index (χ4n) is 1.18. The minimum Gasteiger partial charge on any atom is -0.452 e. The van der Waals surface area contributed by atoms with Gasteiger partial charge in [0, 0.05) is 6.04 Å². The molecule has 0 aliphatic carbocycles. The molecule has 0 saturated carbocycles. The largest absolute Gasteiger partial charge is 0.452 e. The Morgan fingerprint density at radius 1 is 1.50 bits per heavy atom. The zero-order valence-electron chi connectivity index (χ0n) is 9.03.